The number of H-pyrrole nitrogens is 1. The molecule has 1 aliphatic rings. The first-order valence-electron chi connectivity index (χ1n) is 18.8. The number of hydrogen-bond donors (Lipinski definition) is 2. The number of fused-ring (bicyclic) bond motifs is 11. The maximum Gasteiger partial charge on any atom is 0.229 e. The van der Waals surface area contributed by atoms with Gasteiger partial charge in [-0.05, 0) is 92.3 Å². The summed E-state index contributed by atoms with van der Waals surface area (Å²) in [6.07, 6.45) is 0. The fraction of sp³-hybridized carbons (Fsp3) is 0.0600. The summed E-state index contributed by atoms with van der Waals surface area (Å²) < 4.78 is 2.34. The summed E-state index contributed by atoms with van der Waals surface area (Å²) in [5.74, 6) is 0.140. The van der Waals surface area contributed by atoms with E-state index in [1.54, 1.807) is 0 Å². The van der Waals surface area contributed by atoms with E-state index in [4.69, 9.17) is 15.4 Å². The van der Waals surface area contributed by atoms with Gasteiger partial charge in [0.05, 0.1) is 22.2 Å². The van der Waals surface area contributed by atoms with Crippen molar-refractivity contribution in [1.82, 2.24) is 14.5 Å². The van der Waals surface area contributed by atoms with Gasteiger partial charge in [-0.2, -0.15) is 4.99 Å². The number of benzene rings is 8. The van der Waals surface area contributed by atoms with Gasteiger partial charge in [0.15, 0.2) is 5.84 Å². The van der Waals surface area contributed by atoms with Crippen LogP contribution in [0.4, 0.5) is 0 Å². The standard InChI is InChI=1S/C50H35N5/c1-50(2)40-17-9-7-15-37(40)38-26-21-33(29-41(38)50)47-39-16-8-10-18-42(39)52-49(53-47)54-48(51)32-19-24-34(25-20-32)55-43-27-22-30-11-3-5-13-35(30)45(43)46-36-14-6-4-12-31(36)23-28-44(46)55/h3-29H,1-2H3,(H2,51,52,53,54). The molecular formula is C50H35N5. The number of rotatable bonds is 3. The molecule has 0 unspecified atom stereocenters. The van der Waals surface area contributed by atoms with Crippen LogP contribution in [0.25, 0.3) is 82.3 Å². The molecule has 0 aliphatic heterocycles. The summed E-state index contributed by atoms with van der Waals surface area (Å²) in [5.41, 5.74) is 12.3. The SMILES string of the molecule is CC1(C)c2ccccc2-c2ccc(-c3nc(=NC(=N)c4ccc(-n5c6ccc7ccccc7c6c6c7ccccc7ccc65)cc4)[nH]c4ccccc34)cc21. The van der Waals surface area contributed by atoms with Crippen LogP contribution in [0.2, 0.25) is 0 Å². The predicted molar refractivity (Wildman–Crippen MR) is 227 cm³/mol. The van der Waals surface area contributed by atoms with E-state index < -0.39 is 0 Å². The number of hydrogen-bond acceptors (Lipinski definition) is 2. The average molecular weight is 706 g/mol. The number of aromatic nitrogens is 3. The van der Waals surface area contributed by atoms with Crippen molar-refractivity contribution in [3.8, 4) is 28.1 Å². The average Bonchev–Trinajstić information content (AvgIpc) is 3.69. The molecule has 2 aromatic heterocycles. The minimum Gasteiger partial charge on any atom is -0.323 e. The van der Waals surface area contributed by atoms with Gasteiger partial charge in [-0.15, -0.1) is 0 Å². The highest BCUT2D eigenvalue weighted by Gasteiger charge is 2.35. The maximum atomic E-state index is 9.13. The van der Waals surface area contributed by atoms with E-state index in [-0.39, 0.29) is 11.3 Å². The van der Waals surface area contributed by atoms with E-state index >= 15 is 0 Å². The zero-order valence-electron chi connectivity index (χ0n) is 30.4. The lowest BCUT2D eigenvalue weighted by molar-refractivity contribution is 0.660. The van der Waals surface area contributed by atoms with Crippen molar-refractivity contribution in [3.05, 3.63) is 186 Å². The molecule has 8 aromatic carbocycles. The van der Waals surface area contributed by atoms with Crippen LogP contribution in [0.5, 0.6) is 0 Å². The van der Waals surface area contributed by atoms with Crippen LogP contribution in [0.15, 0.2) is 169 Å². The van der Waals surface area contributed by atoms with Crippen LogP contribution in [-0.4, -0.2) is 20.4 Å². The van der Waals surface area contributed by atoms with Gasteiger partial charge in [-0.25, -0.2) is 4.98 Å². The summed E-state index contributed by atoms with van der Waals surface area (Å²) in [5, 5.41) is 17.6. The Morgan fingerprint density at radius 3 is 1.91 bits per heavy atom. The van der Waals surface area contributed by atoms with E-state index in [2.05, 4.69) is 157 Å². The summed E-state index contributed by atoms with van der Waals surface area (Å²) in [6.45, 7) is 4.59. The van der Waals surface area contributed by atoms with Crippen LogP contribution in [0.1, 0.15) is 30.5 Å². The molecule has 0 saturated carbocycles. The largest absolute Gasteiger partial charge is 0.323 e. The molecule has 55 heavy (non-hydrogen) atoms. The summed E-state index contributed by atoms with van der Waals surface area (Å²) >= 11 is 0. The summed E-state index contributed by atoms with van der Waals surface area (Å²) in [4.78, 5) is 13.2. The maximum absolute atomic E-state index is 9.13. The first-order valence-corrected chi connectivity index (χ1v) is 18.8. The zero-order chi connectivity index (χ0) is 36.8. The minimum atomic E-state index is -0.124. The smallest absolute Gasteiger partial charge is 0.229 e. The molecule has 0 radical (unpaired) electrons. The van der Waals surface area contributed by atoms with E-state index in [9.17, 15) is 0 Å². The Labute approximate surface area is 317 Å². The van der Waals surface area contributed by atoms with Crippen LogP contribution < -0.4 is 5.62 Å². The first kappa shape index (κ1) is 31.4. The van der Waals surface area contributed by atoms with Gasteiger partial charge in [-0.3, -0.25) is 5.41 Å². The van der Waals surface area contributed by atoms with E-state index in [0.29, 0.717) is 11.2 Å². The highest BCUT2D eigenvalue weighted by Crippen LogP contribution is 2.49. The highest BCUT2D eigenvalue weighted by atomic mass is 15.0. The first-order chi connectivity index (χ1) is 26.9. The van der Waals surface area contributed by atoms with Gasteiger partial charge < -0.3 is 9.55 Å². The normalized spacial score (nSPS) is 13.6. The molecule has 0 saturated heterocycles. The van der Waals surface area contributed by atoms with Gasteiger partial charge in [0.25, 0.3) is 0 Å². The van der Waals surface area contributed by atoms with Crippen molar-refractivity contribution in [2.24, 2.45) is 4.99 Å². The monoisotopic (exact) mass is 705 g/mol. The molecule has 2 heterocycles. The predicted octanol–water partition coefficient (Wildman–Crippen LogP) is 11.9. The number of amidine groups is 1. The fourth-order valence-corrected chi connectivity index (χ4v) is 9.00. The third kappa shape index (κ3) is 4.69. The molecule has 11 rings (SSSR count). The molecule has 0 spiro atoms. The van der Waals surface area contributed by atoms with E-state index in [1.165, 1.54) is 54.6 Å². The lowest BCUT2D eigenvalue weighted by atomic mass is 9.82. The van der Waals surface area contributed by atoms with Crippen molar-refractivity contribution < 1.29 is 0 Å². The second-order valence-electron chi connectivity index (χ2n) is 15.1. The Bertz CT molecular complexity index is 3210. The molecule has 0 bridgehead atoms. The Hall–Kier alpha value is -7.11. The quantitative estimate of drug-likeness (QED) is 0.139. The van der Waals surface area contributed by atoms with Gasteiger partial charge in [0, 0.05) is 38.4 Å². The molecule has 5 nitrogen and oxygen atoms in total. The molecule has 0 amide bonds. The zero-order valence-corrected chi connectivity index (χ0v) is 30.4. The van der Waals surface area contributed by atoms with E-state index in [1.807, 2.05) is 30.3 Å². The van der Waals surface area contributed by atoms with Crippen molar-refractivity contribution in [1.29, 1.82) is 5.41 Å². The molecular weight excluding hydrogens is 671 g/mol. The fourth-order valence-electron chi connectivity index (χ4n) is 9.00. The number of aromatic amines is 1. The Balaban J connectivity index is 1.01. The Morgan fingerprint density at radius 2 is 1.20 bits per heavy atom. The Morgan fingerprint density at radius 1 is 0.600 bits per heavy atom. The molecule has 0 fully saturated rings. The summed E-state index contributed by atoms with van der Waals surface area (Å²) in [7, 11) is 0. The second-order valence-corrected chi connectivity index (χ2v) is 15.1. The van der Waals surface area contributed by atoms with Gasteiger partial charge in [-0.1, -0.05) is 129 Å². The molecule has 260 valence electrons. The molecule has 5 heteroatoms. The molecule has 1 aliphatic carbocycles. The van der Waals surface area contributed by atoms with Crippen LogP contribution in [-0.2, 0) is 5.41 Å². The molecule has 2 N–H and O–H groups in total. The Kier molecular flexibility index (Phi) is 6.68. The molecule has 10 aromatic rings. The third-order valence-corrected chi connectivity index (χ3v) is 11.7. The summed E-state index contributed by atoms with van der Waals surface area (Å²) in [6, 6.07) is 57.9. The number of nitrogens with one attached hydrogen (secondary N) is 2. The van der Waals surface area contributed by atoms with Crippen molar-refractivity contribution in [3.63, 3.8) is 0 Å². The van der Waals surface area contributed by atoms with Gasteiger partial charge in [0.1, 0.15) is 0 Å². The minimum absolute atomic E-state index is 0.124. The highest BCUT2D eigenvalue weighted by molar-refractivity contribution is 6.28. The number of nitrogens with zero attached hydrogens (tertiary/aromatic N) is 3. The van der Waals surface area contributed by atoms with Crippen molar-refractivity contribution in [2.45, 2.75) is 19.3 Å². The second kappa shape index (κ2) is 11.7. The van der Waals surface area contributed by atoms with Gasteiger partial charge >= 0.3 is 0 Å². The van der Waals surface area contributed by atoms with Crippen LogP contribution in [0.3, 0.4) is 0 Å². The van der Waals surface area contributed by atoms with Crippen LogP contribution >= 0.6 is 0 Å². The van der Waals surface area contributed by atoms with Crippen molar-refractivity contribution in [2.75, 3.05) is 0 Å². The lowest BCUT2D eigenvalue weighted by Gasteiger charge is -2.22. The van der Waals surface area contributed by atoms with Gasteiger partial charge in [0.2, 0.25) is 5.62 Å². The number of para-hydroxylation sites is 1. The van der Waals surface area contributed by atoms with Crippen LogP contribution in [0, 0.1) is 5.41 Å². The topological polar surface area (TPSA) is 69.8 Å². The third-order valence-electron chi connectivity index (χ3n) is 11.7. The lowest BCUT2D eigenvalue weighted by Crippen LogP contribution is -2.17. The van der Waals surface area contributed by atoms with E-state index in [0.717, 1.165) is 38.9 Å². The van der Waals surface area contributed by atoms with Crippen molar-refractivity contribution >= 4 is 60.1 Å². The molecule has 0 atom stereocenters.